The molecule has 1 heterocycles. The van der Waals surface area contributed by atoms with Gasteiger partial charge in [0.15, 0.2) is 0 Å². The summed E-state index contributed by atoms with van der Waals surface area (Å²) in [4.78, 5) is 14.4. The minimum atomic E-state index is -0.427. The molecule has 2 atom stereocenters. The van der Waals surface area contributed by atoms with Gasteiger partial charge in [0.25, 0.3) is 5.91 Å². The van der Waals surface area contributed by atoms with E-state index in [-0.39, 0.29) is 11.5 Å². The minimum Gasteiger partial charge on any atom is -0.338 e. The van der Waals surface area contributed by atoms with Gasteiger partial charge in [-0.05, 0) is 42.9 Å². The minimum absolute atomic E-state index is 0.159. The summed E-state index contributed by atoms with van der Waals surface area (Å²) in [6.45, 7) is 1.57. The number of halogens is 2. The second-order valence-electron chi connectivity index (χ2n) is 5.97. The number of benzene rings is 1. The van der Waals surface area contributed by atoms with E-state index >= 15 is 0 Å². The Labute approximate surface area is 127 Å². The fraction of sp³-hybridized carbons (Fsp3) is 0.562. The molecule has 1 aliphatic heterocycles. The van der Waals surface area contributed by atoms with Gasteiger partial charge in [-0.2, -0.15) is 0 Å². The van der Waals surface area contributed by atoms with Gasteiger partial charge < -0.3 is 4.90 Å². The number of fused-ring (bicyclic) bond motifs is 1. The zero-order valence-electron chi connectivity index (χ0n) is 11.4. The highest BCUT2D eigenvalue weighted by atomic mass is 79.9. The van der Waals surface area contributed by atoms with Gasteiger partial charge in [0.2, 0.25) is 0 Å². The maximum absolute atomic E-state index is 13.8. The molecule has 2 fully saturated rings. The summed E-state index contributed by atoms with van der Waals surface area (Å²) in [5, 5.41) is 0. The Morgan fingerprint density at radius 3 is 2.75 bits per heavy atom. The molecule has 1 saturated carbocycles. The monoisotopic (exact) mass is 339 g/mol. The Kier molecular flexibility index (Phi) is 4.11. The molecule has 0 bridgehead atoms. The first-order valence-corrected chi connectivity index (χ1v) is 8.19. The molecular weight excluding hydrogens is 321 g/mol. The number of nitrogens with zero attached hydrogens (tertiary/aromatic N) is 1. The zero-order valence-corrected chi connectivity index (χ0v) is 13.0. The van der Waals surface area contributed by atoms with Gasteiger partial charge in [-0.15, -0.1) is 0 Å². The quantitative estimate of drug-likeness (QED) is 0.749. The Morgan fingerprint density at radius 2 is 1.95 bits per heavy atom. The standard InChI is InChI=1S/C16H19BrFNO/c17-13-5-6-15(18)14(9-13)16(20)19-8-7-11-3-1-2-4-12(11)10-19/h5-6,9,11-12H,1-4,7-8,10H2/t11-,12-/m0/s1. The van der Waals surface area contributed by atoms with E-state index in [4.69, 9.17) is 0 Å². The predicted molar refractivity (Wildman–Crippen MR) is 80.1 cm³/mol. The topological polar surface area (TPSA) is 20.3 Å². The summed E-state index contributed by atoms with van der Waals surface area (Å²) in [6.07, 6.45) is 6.20. The first kappa shape index (κ1) is 14.1. The van der Waals surface area contributed by atoms with Gasteiger partial charge in [0.1, 0.15) is 5.82 Å². The molecule has 20 heavy (non-hydrogen) atoms. The molecule has 1 saturated heterocycles. The van der Waals surface area contributed by atoms with E-state index in [1.807, 2.05) is 4.90 Å². The van der Waals surface area contributed by atoms with Crippen molar-refractivity contribution in [3.05, 3.63) is 34.1 Å². The lowest BCUT2D eigenvalue weighted by Gasteiger charge is -2.41. The molecule has 0 spiro atoms. The second kappa shape index (κ2) is 5.84. The zero-order chi connectivity index (χ0) is 14.1. The number of piperidine rings is 1. The number of rotatable bonds is 1. The van der Waals surface area contributed by atoms with E-state index in [0.717, 1.165) is 29.9 Å². The summed E-state index contributed by atoms with van der Waals surface area (Å²) in [5.74, 6) is 0.814. The number of carbonyl (C=O) groups excluding carboxylic acids is 1. The molecule has 0 radical (unpaired) electrons. The number of carbonyl (C=O) groups is 1. The molecule has 1 aromatic rings. The Bertz CT molecular complexity index is 519. The van der Waals surface area contributed by atoms with Crippen LogP contribution in [-0.2, 0) is 0 Å². The van der Waals surface area contributed by atoms with Gasteiger partial charge in [0.05, 0.1) is 5.56 Å². The van der Waals surface area contributed by atoms with Crippen LogP contribution < -0.4 is 0 Å². The Balaban J connectivity index is 1.76. The predicted octanol–water partition coefficient (Wildman–Crippen LogP) is 4.24. The maximum Gasteiger partial charge on any atom is 0.256 e. The largest absolute Gasteiger partial charge is 0.338 e. The van der Waals surface area contributed by atoms with Crippen molar-refractivity contribution in [2.24, 2.45) is 11.8 Å². The summed E-state index contributed by atoms with van der Waals surface area (Å²) in [7, 11) is 0. The highest BCUT2D eigenvalue weighted by Gasteiger charge is 2.33. The van der Waals surface area contributed by atoms with Gasteiger partial charge >= 0.3 is 0 Å². The average molecular weight is 340 g/mol. The summed E-state index contributed by atoms with van der Waals surface area (Å²) in [5.41, 5.74) is 0.189. The van der Waals surface area contributed by atoms with Crippen LogP contribution in [0.25, 0.3) is 0 Å². The van der Waals surface area contributed by atoms with Crippen LogP contribution >= 0.6 is 15.9 Å². The fourth-order valence-electron chi connectivity index (χ4n) is 3.62. The average Bonchev–Trinajstić information content (AvgIpc) is 2.48. The van der Waals surface area contributed by atoms with Crippen molar-refractivity contribution in [3.8, 4) is 0 Å². The molecule has 108 valence electrons. The van der Waals surface area contributed by atoms with Gasteiger partial charge in [0, 0.05) is 17.6 Å². The van der Waals surface area contributed by atoms with E-state index in [1.54, 1.807) is 12.1 Å². The fourth-order valence-corrected chi connectivity index (χ4v) is 3.98. The van der Waals surface area contributed by atoms with Crippen molar-refractivity contribution in [1.29, 1.82) is 0 Å². The first-order valence-electron chi connectivity index (χ1n) is 7.39. The van der Waals surface area contributed by atoms with Gasteiger partial charge in [-0.25, -0.2) is 4.39 Å². The van der Waals surface area contributed by atoms with Crippen LogP contribution in [0.1, 0.15) is 42.5 Å². The molecular formula is C16H19BrFNO. The molecule has 1 aliphatic carbocycles. The molecule has 2 aliphatic rings. The maximum atomic E-state index is 13.8. The number of likely N-dealkylation sites (tertiary alicyclic amines) is 1. The van der Waals surface area contributed by atoms with Gasteiger partial charge in [-0.3, -0.25) is 4.79 Å². The SMILES string of the molecule is O=C(c1cc(Br)ccc1F)N1CC[C@@H]2CCCC[C@H]2C1. The number of hydrogen-bond acceptors (Lipinski definition) is 1. The third kappa shape index (κ3) is 2.76. The lowest BCUT2D eigenvalue weighted by Crippen LogP contribution is -2.45. The van der Waals surface area contributed by atoms with Crippen molar-refractivity contribution in [2.75, 3.05) is 13.1 Å². The van der Waals surface area contributed by atoms with Crippen molar-refractivity contribution < 1.29 is 9.18 Å². The van der Waals surface area contributed by atoms with Crippen LogP contribution in [0.5, 0.6) is 0 Å². The number of hydrogen-bond donors (Lipinski definition) is 0. The third-order valence-corrected chi connectivity index (χ3v) is 5.23. The lowest BCUT2D eigenvalue weighted by molar-refractivity contribution is 0.0516. The molecule has 0 aromatic heterocycles. The smallest absolute Gasteiger partial charge is 0.256 e. The molecule has 0 unspecified atom stereocenters. The summed E-state index contributed by atoms with van der Waals surface area (Å²) in [6, 6.07) is 4.56. The van der Waals surface area contributed by atoms with Crippen molar-refractivity contribution >= 4 is 21.8 Å². The van der Waals surface area contributed by atoms with Crippen LogP contribution in [0.3, 0.4) is 0 Å². The third-order valence-electron chi connectivity index (χ3n) is 4.74. The molecule has 4 heteroatoms. The van der Waals surface area contributed by atoms with E-state index in [9.17, 15) is 9.18 Å². The van der Waals surface area contributed by atoms with E-state index in [0.29, 0.717) is 5.92 Å². The second-order valence-corrected chi connectivity index (χ2v) is 6.88. The van der Waals surface area contributed by atoms with Crippen molar-refractivity contribution in [2.45, 2.75) is 32.1 Å². The van der Waals surface area contributed by atoms with Crippen LogP contribution in [-0.4, -0.2) is 23.9 Å². The lowest BCUT2D eigenvalue weighted by atomic mass is 9.75. The Hall–Kier alpha value is -0.900. The highest BCUT2D eigenvalue weighted by molar-refractivity contribution is 9.10. The summed E-state index contributed by atoms with van der Waals surface area (Å²) >= 11 is 3.31. The van der Waals surface area contributed by atoms with Crippen LogP contribution in [0.15, 0.2) is 22.7 Å². The van der Waals surface area contributed by atoms with E-state index in [1.165, 1.54) is 31.7 Å². The van der Waals surface area contributed by atoms with Crippen LogP contribution in [0, 0.1) is 17.7 Å². The number of amides is 1. The summed E-state index contributed by atoms with van der Waals surface area (Å²) < 4.78 is 14.6. The molecule has 0 N–H and O–H groups in total. The molecule has 1 aromatic carbocycles. The van der Waals surface area contributed by atoms with E-state index in [2.05, 4.69) is 15.9 Å². The van der Waals surface area contributed by atoms with Crippen LogP contribution in [0.4, 0.5) is 4.39 Å². The highest BCUT2D eigenvalue weighted by Crippen LogP contribution is 2.36. The first-order chi connectivity index (χ1) is 9.65. The van der Waals surface area contributed by atoms with Gasteiger partial charge in [-0.1, -0.05) is 35.2 Å². The molecule has 2 nitrogen and oxygen atoms in total. The van der Waals surface area contributed by atoms with Crippen LogP contribution in [0.2, 0.25) is 0 Å². The Morgan fingerprint density at radius 1 is 1.20 bits per heavy atom. The van der Waals surface area contributed by atoms with E-state index < -0.39 is 5.82 Å². The van der Waals surface area contributed by atoms with Crippen molar-refractivity contribution in [3.63, 3.8) is 0 Å². The molecule has 3 rings (SSSR count). The van der Waals surface area contributed by atoms with Crippen molar-refractivity contribution in [1.82, 2.24) is 4.90 Å². The molecule has 1 amide bonds. The normalized spacial score (nSPS) is 26.2.